The Morgan fingerprint density at radius 1 is 1.24 bits per heavy atom. The van der Waals surface area contributed by atoms with E-state index in [2.05, 4.69) is 28.8 Å². The van der Waals surface area contributed by atoms with Crippen molar-refractivity contribution in [3.8, 4) is 0 Å². The van der Waals surface area contributed by atoms with Crippen molar-refractivity contribution in [3.63, 3.8) is 0 Å². The second-order valence-electron chi connectivity index (χ2n) is 5.77. The fourth-order valence-corrected chi connectivity index (χ4v) is 2.57. The van der Waals surface area contributed by atoms with Crippen LogP contribution in [-0.4, -0.2) is 69.1 Å². The third kappa shape index (κ3) is 4.09. The highest BCUT2D eigenvalue weighted by molar-refractivity contribution is 5.99. The van der Waals surface area contributed by atoms with Gasteiger partial charge < -0.3 is 21.3 Å². The predicted octanol–water partition coefficient (Wildman–Crippen LogP) is 0.0513. The maximum Gasteiger partial charge on any atom is 0.250 e. The fraction of sp³-hybridized carbons (Fsp3) is 0.533. The smallest absolute Gasteiger partial charge is 0.250 e. The molecule has 0 spiro atoms. The van der Waals surface area contributed by atoms with Gasteiger partial charge in [-0.05, 0) is 32.3 Å². The van der Waals surface area contributed by atoms with Crippen LogP contribution in [0.4, 0.5) is 11.4 Å². The number of nitrogens with two attached hydrogens (primary N) is 2. The molecule has 21 heavy (non-hydrogen) atoms. The highest BCUT2D eigenvalue weighted by Crippen LogP contribution is 2.24. The van der Waals surface area contributed by atoms with Crippen LogP contribution in [0.3, 0.4) is 0 Å². The van der Waals surface area contributed by atoms with Crippen LogP contribution >= 0.6 is 0 Å². The van der Waals surface area contributed by atoms with E-state index in [0.717, 1.165) is 45.0 Å². The van der Waals surface area contributed by atoms with E-state index < -0.39 is 5.91 Å². The largest absolute Gasteiger partial charge is 0.399 e. The Balaban J connectivity index is 2.02. The molecule has 1 aliphatic heterocycles. The Morgan fingerprint density at radius 3 is 2.48 bits per heavy atom. The molecule has 0 unspecified atom stereocenters. The van der Waals surface area contributed by atoms with Gasteiger partial charge in [-0.2, -0.15) is 0 Å². The first kappa shape index (κ1) is 15.6. The van der Waals surface area contributed by atoms with Crippen molar-refractivity contribution in [1.82, 2.24) is 9.80 Å². The summed E-state index contributed by atoms with van der Waals surface area (Å²) in [5.41, 5.74) is 13.4. The van der Waals surface area contributed by atoms with Crippen molar-refractivity contribution in [2.24, 2.45) is 5.73 Å². The number of hydrogen-bond acceptors (Lipinski definition) is 5. The molecule has 4 N–H and O–H groups in total. The third-order valence-corrected chi connectivity index (χ3v) is 3.86. The lowest BCUT2D eigenvalue weighted by Gasteiger charge is -2.37. The summed E-state index contributed by atoms with van der Waals surface area (Å²) in [6.45, 7) is 5.88. The second kappa shape index (κ2) is 6.78. The van der Waals surface area contributed by atoms with Gasteiger partial charge in [0.15, 0.2) is 0 Å². The van der Waals surface area contributed by atoms with Crippen molar-refractivity contribution in [1.29, 1.82) is 0 Å². The van der Waals surface area contributed by atoms with Crippen molar-refractivity contribution in [2.45, 2.75) is 0 Å². The summed E-state index contributed by atoms with van der Waals surface area (Å²) in [7, 11) is 4.17. The van der Waals surface area contributed by atoms with Crippen LogP contribution in [0.5, 0.6) is 0 Å². The lowest BCUT2D eigenvalue weighted by molar-refractivity contribution is 0.100. The van der Waals surface area contributed by atoms with Crippen molar-refractivity contribution < 1.29 is 4.79 Å². The van der Waals surface area contributed by atoms with Crippen LogP contribution in [-0.2, 0) is 0 Å². The van der Waals surface area contributed by atoms with E-state index in [4.69, 9.17) is 11.5 Å². The Labute approximate surface area is 126 Å². The molecule has 0 saturated carbocycles. The van der Waals surface area contributed by atoms with Gasteiger partial charge in [0, 0.05) is 45.0 Å². The normalized spacial score (nSPS) is 16.4. The summed E-state index contributed by atoms with van der Waals surface area (Å²) in [4.78, 5) is 18.4. The quantitative estimate of drug-likeness (QED) is 0.750. The van der Waals surface area contributed by atoms with Gasteiger partial charge in [0.1, 0.15) is 0 Å². The Hall–Kier alpha value is -1.79. The zero-order valence-electron chi connectivity index (χ0n) is 12.9. The Morgan fingerprint density at radius 2 is 1.90 bits per heavy atom. The number of carbonyl (C=O) groups is 1. The van der Waals surface area contributed by atoms with E-state index in [1.54, 1.807) is 12.1 Å². The monoisotopic (exact) mass is 291 g/mol. The van der Waals surface area contributed by atoms with E-state index >= 15 is 0 Å². The topological polar surface area (TPSA) is 78.8 Å². The van der Waals surface area contributed by atoms with E-state index in [9.17, 15) is 4.79 Å². The number of carbonyl (C=O) groups excluding carboxylic acids is 1. The summed E-state index contributed by atoms with van der Waals surface area (Å²) in [6.07, 6.45) is 0. The summed E-state index contributed by atoms with van der Waals surface area (Å²) in [5.74, 6) is -0.403. The Kier molecular flexibility index (Phi) is 5.03. The van der Waals surface area contributed by atoms with Crippen LogP contribution in [0.2, 0.25) is 0 Å². The SMILES string of the molecule is CN(C)CCN1CCN(c2cc(N)ccc2C(N)=O)CC1. The lowest BCUT2D eigenvalue weighted by Crippen LogP contribution is -2.48. The lowest BCUT2D eigenvalue weighted by atomic mass is 10.1. The first-order valence-electron chi connectivity index (χ1n) is 7.28. The number of benzene rings is 1. The van der Waals surface area contributed by atoms with Gasteiger partial charge in [-0.3, -0.25) is 9.69 Å². The molecule has 2 rings (SSSR count). The first-order chi connectivity index (χ1) is 9.97. The molecule has 1 aromatic rings. The van der Waals surface area contributed by atoms with Crippen molar-refractivity contribution in [3.05, 3.63) is 23.8 Å². The molecule has 1 aromatic carbocycles. The standard InChI is InChI=1S/C15H25N5O/c1-18(2)5-6-19-7-9-20(10-8-19)14-11-12(16)3-4-13(14)15(17)21/h3-4,11H,5-10,16H2,1-2H3,(H2,17,21). The number of nitrogens with zero attached hydrogens (tertiary/aromatic N) is 3. The number of hydrogen-bond donors (Lipinski definition) is 2. The van der Waals surface area contributed by atoms with Crippen LogP contribution in [0.15, 0.2) is 18.2 Å². The molecular weight excluding hydrogens is 266 g/mol. The molecule has 0 aromatic heterocycles. The molecule has 1 saturated heterocycles. The minimum Gasteiger partial charge on any atom is -0.399 e. The minimum absolute atomic E-state index is 0.403. The van der Waals surface area contributed by atoms with Gasteiger partial charge in [0.2, 0.25) is 0 Å². The highest BCUT2D eigenvalue weighted by atomic mass is 16.1. The van der Waals surface area contributed by atoms with Gasteiger partial charge in [0.25, 0.3) is 5.91 Å². The van der Waals surface area contributed by atoms with Gasteiger partial charge in [-0.15, -0.1) is 0 Å². The molecule has 0 atom stereocenters. The predicted molar refractivity (Wildman–Crippen MR) is 86.6 cm³/mol. The average molecular weight is 291 g/mol. The molecule has 0 bridgehead atoms. The molecule has 1 fully saturated rings. The van der Waals surface area contributed by atoms with E-state index in [0.29, 0.717) is 11.3 Å². The minimum atomic E-state index is -0.403. The zero-order valence-corrected chi connectivity index (χ0v) is 12.9. The summed E-state index contributed by atoms with van der Waals surface area (Å²) in [5, 5.41) is 0. The van der Waals surface area contributed by atoms with Crippen molar-refractivity contribution in [2.75, 3.05) is 64.0 Å². The molecule has 1 amide bonds. The van der Waals surface area contributed by atoms with E-state index in [-0.39, 0.29) is 0 Å². The van der Waals surface area contributed by atoms with Crippen LogP contribution in [0, 0.1) is 0 Å². The zero-order chi connectivity index (χ0) is 15.4. The average Bonchev–Trinajstić information content (AvgIpc) is 2.45. The van der Waals surface area contributed by atoms with Gasteiger partial charge in [-0.25, -0.2) is 0 Å². The van der Waals surface area contributed by atoms with Crippen LogP contribution < -0.4 is 16.4 Å². The van der Waals surface area contributed by atoms with Crippen LogP contribution in [0.25, 0.3) is 0 Å². The van der Waals surface area contributed by atoms with E-state index in [1.165, 1.54) is 0 Å². The van der Waals surface area contributed by atoms with Crippen LogP contribution in [0.1, 0.15) is 10.4 Å². The molecule has 6 nitrogen and oxygen atoms in total. The first-order valence-corrected chi connectivity index (χ1v) is 7.28. The number of rotatable bonds is 5. The van der Waals surface area contributed by atoms with Gasteiger partial charge in [-0.1, -0.05) is 0 Å². The molecule has 0 radical (unpaired) electrons. The molecule has 0 aliphatic carbocycles. The maximum atomic E-state index is 11.6. The number of primary amides is 1. The maximum absolute atomic E-state index is 11.6. The summed E-state index contributed by atoms with van der Waals surface area (Å²) >= 11 is 0. The third-order valence-electron chi connectivity index (χ3n) is 3.86. The number of amides is 1. The highest BCUT2D eigenvalue weighted by Gasteiger charge is 2.20. The van der Waals surface area contributed by atoms with Crippen molar-refractivity contribution >= 4 is 17.3 Å². The summed E-state index contributed by atoms with van der Waals surface area (Å²) < 4.78 is 0. The number of nitrogen functional groups attached to an aromatic ring is 1. The Bertz CT molecular complexity index is 495. The van der Waals surface area contributed by atoms with Gasteiger partial charge >= 0.3 is 0 Å². The molecule has 6 heteroatoms. The number of likely N-dealkylation sites (N-methyl/N-ethyl adjacent to an activating group) is 1. The molecule has 1 aliphatic rings. The second-order valence-corrected chi connectivity index (χ2v) is 5.77. The molecule has 1 heterocycles. The van der Waals surface area contributed by atoms with Gasteiger partial charge in [0.05, 0.1) is 11.3 Å². The molecular formula is C15H25N5O. The number of anilines is 2. The summed E-state index contributed by atoms with van der Waals surface area (Å²) in [6, 6.07) is 5.28. The van der Waals surface area contributed by atoms with E-state index in [1.807, 2.05) is 6.07 Å². The number of piperazine rings is 1. The fourth-order valence-electron chi connectivity index (χ4n) is 2.57. The molecule has 116 valence electrons.